The van der Waals surface area contributed by atoms with E-state index in [4.69, 9.17) is 20.9 Å². The second-order valence-corrected chi connectivity index (χ2v) is 5.31. The zero-order valence-electron chi connectivity index (χ0n) is 12.5. The van der Waals surface area contributed by atoms with Gasteiger partial charge in [-0.25, -0.2) is 0 Å². The molecule has 2 aromatic rings. The molecule has 0 aliphatic carbocycles. The Morgan fingerprint density at radius 2 is 2.23 bits per heavy atom. The molecule has 0 aliphatic rings. The number of hydrogen-bond donors (Lipinski definition) is 1. The number of aromatic nitrogens is 2. The van der Waals surface area contributed by atoms with E-state index in [1.807, 2.05) is 19.1 Å². The van der Waals surface area contributed by atoms with Crippen LogP contribution in [0.3, 0.4) is 0 Å². The van der Waals surface area contributed by atoms with Gasteiger partial charge in [0.1, 0.15) is 11.9 Å². The van der Waals surface area contributed by atoms with Crippen LogP contribution in [0.5, 0.6) is 5.75 Å². The summed E-state index contributed by atoms with van der Waals surface area (Å²) in [4.78, 5) is 15.8. The number of nitrogens with one attached hydrogen (secondary N) is 1. The standard InChI is InChI=1S/C15H18ClN3O3/c1-10(21-13-6-4-3-5-12(13)16)9-17-14(20)7-8-15-18-11(2)19-22-15/h3-6,10H,7-9H2,1-2H3,(H,17,20)/t10-/m1/s1. The molecule has 1 heterocycles. The predicted molar refractivity (Wildman–Crippen MR) is 81.9 cm³/mol. The molecule has 2 rings (SSSR count). The largest absolute Gasteiger partial charge is 0.487 e. The van der Waals surface area contributed by atoms with Gasteiger partial charge in [0, 0.05) is 12.8 Å². The van der Waals surface area contributed by atoms with Gasteiger partial charge in [-0.2, -0.15) is 4.98 Å². The number of carbonyl (C=O) groups excluding carboxylic acids is 1. The third-order valence-electron chi connectivity index (χ3n) is 2.89. The fraction of sp³-hybridized carbons (Fsp3) is 0.400. The van der Waals surface area contributed by atoms with E-state index in [1.165, 1.54) is 0 Å². The molecule has 0 saturated carbocycles. The first-order valence-corrected chi connectivity index (χ1v) is 7.39. The molecule has 0 saturated heterocycles. The van der Waals surface area contributed by atoms with Gasteiger partial charge in [-0.05, 0) is 26.0 Å². The SMILES string of the molecule is Cc1noc(CCC(=O)NC[C@@H](C)Oc2ccccc2Cl)n1. The topological polar surface area (TPSA) is 77.2 Å². The Kier molecular flexibility index (Phi) is 5.77. The van der Waals surface area contributed by atoms with Gasteiger partial charge in [-0.3, -0.25) is 4.79 Å². The van der Waals surface area contributed by atoms with Crippen LogP contribution in [0, 0.1) is 6.92 Å². The summed E-state index contributed by atoms with van der Waals surface area (Å²) in [6.07, 6.45) is 0.530. The van der Waals surface area contributed by atoms with E-state index in [0.717, 1.165) is 0 Å². The van der Waals surface area contributed by atoms with Crippen LogP contribution in [-0.2, 0) is 11.2 Å². The fourth-order valence-electron chi connectivity index (χ4n) is 1.81. The highest BCUT2D eigenvalue weighted by Crippen LogP contribution is 2.23. The summed E-state index contributed by atoms with van der Waals surface area (Å²) in [6.45, 7) is 4.00. The van der Waals surface area contributed by atoms with E-state index in [1.54, 1.807) is 19.1 Å². The first-order valence-electron chi connectivity index (χ1n) is 7.01. The molecule has 0 aliphatic heterocycles. The summed E-state index contributed by atoms with van der Waals surface area (Å²) in [5.74, 6) is 1.54. The van der Waals surface area contributed by atoms with Crippen LogP contribution in [0.25, 0.3) is 0 Å². The molecular weight excluding hydrogens is 306 g/mol. The summed E-state index contributed by atoms with van der Waals surface area (Å²) in [5.41, 5.74) is 0. The van der Waals surface area contributed by atoms with Gasteiger partial charge < -0.3 is 14.6 Å². The van der Waals surface area contributed by atoms with E-state index < -0.39 is 0 Å². The number of ether oxygens (including phenoxy) is 1. The van der Waals surface area contributed by atoms with Crippen LogP contribution >= 0.6 is 11.6 Å². The van der Waals surface area contributed by atoms with Gasteiger partial charge in [-0.1, -0.05) is 28.9 Å². The van der Waals surface area contributed by atoms with Crippen molar-refractivity contribution in [1.29, 1.82) is 0 Å². The molecule has 22 heavy (non-hydrogen) atoms. The highest BCUT2D eigenvalue weighted by molar-refractivity contribution is 6.32. The van der Waals surface area contributed by atoms with Crippen molar-refractivity contribution in [2.24, 2.45) is 0 Å². The smallest absolute Gasteiger partial charge is 0.227 e. The van der Waals surface area contributed by atoms with Crippen molar-refractivity contribution in [3.63, 3.8) is 0 Å². The maximum Gasteiger partial charge on any atom is 0.227 e. The van der Waals surface area contributed by atoms with Crippen LogP contribution in [0.4, 0.5) is 0 Å². The lowest BCUT2D eigenvalue weighted by atomic mass is 10.3. The number of halogens is 1. The molecule has 0 spiro atoms. The molecule has 1 amide bonds. The average molecular weight is 324 g/mol. The summed E-state index contributed by atoms with van der Waals surface area (Å²) in [7, 11) is 0. The van der Waals surface area contributed by atoms with Crippen LogP contribution in [0.1, 0.15) is 25.1 Å². The zero-order valence-corrected chi connectivity index (χ0v) is 13.3. The fourth-order valence-corrected chi connectivity index (χ4v) is 1.99. The van der Waals surface area contributed by atoms with E-state index in [2.05, 4.69) is 15.5 Å². The Morgan fingerprint density at radius 3 is 2.91 bits per heavy atom. The van der Waals surface area contributed by atoms with Crippen molar-refractivity contribution < 1.29 is 14.1 Å². The van der Waals surface area contributed by atoms with Crippen LogP contribution in [0.2, 0.25) is 5.02 Å². The maximum atomic E-state index is 11.8. The number of aryl methyl sites for hydroxylation is 2. The summed E-state index contributed by atoms with van der Waals surface area (Å²) in [5, 5.41) is 7.02. The summed E-state index contributed by atoms with van der Waals surface area (Å²) < 4.78 is 10.6. The normalized spacial score (nSPS) is 12.0. The van der Waals surface area contributed by atoms with Gasteiger partial charge in [0.25, 0.3) is 0 Å². The van der Waals surface area contributed by atoms with Crippen molar-refractivity contribution in [3.05, 3.63) is 41.0 Å². The quantitative estimate of drug-likeness (QED) is 0.847. The minimum absolute atomic E-state index is 0.0922. The number of benzene rings is 1. The molecule has 0 unspecified atom stereocenters. The summed E-state index contributed by atoms with van der Waals surface area (Å²) >= 11 is 6.01. The molecule has 6 nitrogen and oxygen atoms in total. The molecule has 1 atom stereocenters. The van der Waals surface area contributed by atoms with Gasteiger partial charge in [0.15, 0.2) is 5.82 Å². The van der Waals surface area contributed by atoms with Gasteiger partial charge in [0.05, 0.1) is 11.6 Å². The molecular formula is C15H18ClN3O3. The zero-order chi connectivity index (χ0) is 15.9. The predicted octanol–water partition coefficient (Wildman–Crippen LogP) is 2.55. The van der Waals surface area contributed by atoms with Crippen molar-refractivity contribution in [1.82, 2.24) is 15.5 Å². The number of carbonyl (C=O) groups is 1. The Labute approximate surface area is 133 Å². The molecule has 7 heteroatoms. The molecule has 1 aromatic heterocycles. The van der Waals surface area contributed by atoms with E-state index >= 15 is 0 Å². The Hall–Kier alpha value is -2.08. The highest BCUT2D eigenvalue weighted by atomic mass is 35.5. The summed E-state index contributed by atoms with van der Waals surface area (Å²) in [6, 6.07) is 7.23. The Morgan fingerprint density at radius 1 is 1.45 bits per heavy atom. The highest BCUT2D eigenvalue weighted by Gasteiger charge is 2.10. The van der Waals surface area contributed by atoms with Crippen LogP contribution < -0.4 is 10.1 Å². The van der Waals surface area contributed by atoms with Crippen molar-refractivity contribution in [2.75, 3.05) is 6.54 Å². The third kappa shape index (κ3) is 5.04. The lowest BCUT2D eigenvalue weighted by molar-refractivity contribution is -0.121. The number of para-hydroxylation sites is 1. The molecule has 118 valence electrons. The van der Waals surface area contributed by atoms with Crippen molar-refractivity contribution in [3.8, 4) is 5.75 Å². The maximum absolute atomic E-state index is 11.8. The number of nitrogens with zero attached hydrogens (tertiary/aromatic N) is 2. The Bertz CT molecular complexity index is 630. The minimum Gasteiger partial charge on any atom is -0.487 e. The number of amides is 1. The molecule has 0 fully saturated rings. The van der Waals surface area contributed by atoms with Crippen LogP contribution in [0.15, 0.2) is 28.8 Å². The molecule has 0 radical (unpaired) electrons. The Balaban J connectivity index is 1.70. The van der Waals surface area contributed by atoms with Gasteiger partial charge in [0.2, 0.25) is 11.8 Å². The second kappa shape index (κ2) is 7.79. The van der Waals surface area contributed by atoms with E-state index in [0.29, 0.717) is 41.9 Å². The molecule has 1 N–H and O–H groups in total. The van der Waals surface area contributed by atoms with Gasteiger partial charge >= 0.3 is 0 Å². The molecule has 1 aromatic carbocycles. The monoisotopic (exact) mass is 323 g/mol. The van der Waals surface area contributed by atoms with Crippen molar-refractivity contribution >= 4 is 17.5 Å². The number of rotatable bonds is 7. The average Bonchev–Trinajstić information content (AvgIpc) is 2.91. The lowest BCUT2D eigenvalue weighted by Crippen LogP contribution is -2.33. The minimum atomic E-state index is -0.186. The molecule has 0 bridgehead atoms. The van der Waals surface area contributed by atoms with E-state index in [9.17, 15) is 4.79 Å². The second-order valence-electron chi connectivity index (χ2n) is 4.90. The first-order chi connectivity index (χ1) is 10.5. The van der Waals surface area contributed by atoms with E-state index in [-0.39, 0.29) is 12.0 Å². The number of hydrogen-bond acceptors (Lipinski definition) is 5. The first kappa shape index (κ1) is 16.3. The van der Waals surface area contributed by atoms with Crippen LogP contribution in [-0.4, -0.2) is 28.7 Å². The lowest BCUT2D eigenvalue weighted by Gasteiger charge is -2.16. The van der Waals surface area contributed by atoms with Gasteiger partial charge in [-0.15, -0.1) is 0 Å². The van der Waals surface area contributed by atoms with Crippen molar-refractivity contribution in [2.45, 2.75) is 32.8 Å². The third-order valence-corrected chi connectivity index (χ3v) is 3.20.